The number of carbonyl (C=O) groups excluding carboxylic acids is 2. The molecule has 0 saturated carbocycles. The minimum Gasteiger partial charge on any atom is -0.444 e. The van der Waals surface area contributed by atoms with Crippen molar-refractivity contribution >= 4 is 29.4 Å². The van der Waals surface area contributed by atoms with Crippen molar-refractivity contribution in [2.24, 2.45) is 4.99 Å². The molecule has 10 nitrogen and oxygen atoms in total. The third-order valence-corrected chi connectivity index (χ3v) is 4.86. The smallest absolute Gasteiger partial charge is 0.437 e. The molecule has 1 aromatic heterocycles. The molecule has 0 saturated heterocycles. The summed E-state index contributed by atoms with van der Waals surface area (Å²) < 4.78 is 26.2. The summed E-state index contributed by atoms with van der Waals surface area (Å²) >= 11 is 0. The highest BCUT2D eigenvalue weighted by molar-refractivity contribution is 6.00. The van der Waals surface area contributed by atoms with E-state index in [2.05, 4.69) is 20.7 Å². The lowest BCUT2D eigenvalue weighted by Gasteiger charge is -2.20. The van der Waals surface area contributed by atoms with E-state index in [-0.39, 0.29) is 11.6 Å². The number of hydrogen-bond donors (Lipinski definition) is 3. The van der Waals surface area contributed by atoms with Crippen LogP contribution < -0.4 is 16.4 Å². The van der Waals surface area contributed by atoms with Crippen LogP contribution >= 0.6 is 0 Å². The first-order chi connectivity index (χ1) is 16.7. The lowest BCUT2D eigenvalue weighted by molar-refractivity contribution is 0.0560. The molecule has 36 heavy (non-hydrogen) atoms. The van der Waals surface area contributed by atoms with Crippen LogP contribution in [0.4, 0.5) is 19.7 Å². The number of aromatic nitrogens is 2. The number of aliphatic imine (C=N–C) groups is 1. The molecule has 2 amide bonds. The molecule has 11 heteroatoms. The van der Waals surface area contributed by atoms with E-state index in [0.29, 0.717) is 23.2 Å². The summed E-state index contributed by atoms with van der Waals surface area (Å²) in [5.41, 5.74) is 7.20. The second-order valence-electron chi connectivity index (χ2n) is 10.3. The number of nitrogens with zero attached hydrogens (tertiary/aromatic N) is 3. The number of anilines is 1. The van der Waals surface area contributed by atoms with E-state index < -0.39 is 29.2 Å². The van der Waals surface area contributed by atoms with Crippen molar-refractivity contribution in [3.8, 4) is 11.1 Å². The summed E-state index contributed by atoms with van der Waals surface area (Å²) in [6, 6.07) is 2.95. The van der Waals surface area contributed by atoms with E-state index in [1.807, 2.05) is 6.08 Å². The molecule has 194 valence electrons. The fourth-order valence-electron chi connectivity index (χ4n) is 3.44. The number of alkyl carbamates (subject to hydrolysis) is 1. The summed E-state index contributed by atoms with van der Waals surface area (Å²) in [6.07, 6.45) is 4.04. The minimum absolute atomic E-state index is 0.00874. The molecule has 1 aliphatic heterocycles. The van der Waals surface area contributed by atoms with Gasteiger partial charge >= 0.3 is 12.2 Å². The summed E-state index contributed by atoms with van der Waals surface area (Å²) in [4.78, 5) is 28.8. The Morgan fingerprint density at radius 1 is 1.14 bits per heavy atom. The lowest BCUT2D eigenvalue weighted by Crippen LogP contribution is -2.40. The van der Waals surface area contributed by atoms with Gasteiger partial charge in [0.15, 0.2) is 0 Å². The second-order valence-corrected chi connectivity index (χ2v) is 10.3. The molecular formula is C25H33FN6O4. The molecule has 0 atom stereocenters. The van der Waals surface area contributed by atoms with E-state index >= 15 is 0 Å². The Balaban J connectivity index is 2.02. The second kappa shape index (κ2) is 10.5. The number of nitrogens with one attached hydrogen (secondary N) is 2. The predicted molar refractivity (Wildman–Crippen MR) is 136 cm³/mol. The molecule has 1 aromatic carbocycles. The van der Waals surface area contributed by atoms with Crippen LogP contribution in [0.2, 0.25) is 0 Å². The Morgan fingerprint density at radius 2 is 1.83 bits per heavy atom. The van der Waals surface area contributed by atoms with Crippen LogP contribution in [0.1, 0.15) is 53.5 Å². The average Bonchev–Trinajstić information content (AvgIpc) is 3.23. The molecule has 2 aromatic rings. The number of carbonyl (C=O) groups is 2. The SMILES string of the molecule is CC(C)(C)OC(=O)N=C(NC(=O)OC(C)(C)C)n1cc(-c2cc(N)c(F)cc2C2=CCNCC2)cn1. The quantitative estimate of drug-likeness (QED) is 0.318. The number of ether oxygens (including phenoxy) is 2. The zero-order chi connectivity index (χ0) is 26.7. The molecule has 0 bridgehead atoms. The Labute approximate surface area is 209 Å². The van der Waals surface area contributed by atoms with Crippen LogP contribution in [0.15, 0.2) is 35.6 Å². The van der Waals surface area contributed by atoms with Crippen LogP contribution in [0.25, 0.3) is 16.7 Å². The van der Waals surface area contributed by atoms with Crippen molar-refractivity contribution < 1.29 is 23.5 Å². The largest absolute Gasteiger partial charge is 0.444 e. The first-order valence-electron chi connectivity index (χ1n) is 11.6. The topological polar surface area (TPSA) is 133 Å². The normalized spacial score (nSPS) is 14.8. The number of amides is 2. The van der Waals surface area contributed by atoms with Gasteiger partial charge in [0.2, 0.25) is 5.96 Å². The van der Waals surface area contributed by atoms with E-state index in [4.69, 9.17) is 15.2 Å². The molecule has 0 spiro atoms. The fourth-order valence-corrected chi connectivity index (χ4v) is 3.44. The highest BCUT2D eigenvalue weighted by Gasteiger charge is 2.23. The van der Waals surface area contributed by atoms with Crippen LogP contribution in [-0.2, 0) is 9.47 Å². The number of benzene rings is 1. The number of nitrogens with two attached hydrogens (primary N) is 1. The Morgan fingerprint density at radius 3 is 2.44 bits per heavy atom. The van der Waals surface area contributed by atoms with Gasteiger partial charge in [-0.3, -0.25) is 5.32 Å². The predicted octanol–water partition coefficient (Wildman–Crippen LogP) is 4.31. The Bertz CT molecular complexity index is 1200. The van der Waals surface area contributed by atoms with Gasteiger partial charge in [0.1, 0.15) is 17.0 Å². The van der Waals surface area contributed by atoms with Gasteiger partial charge in [0.05, 0.1) is 11.9 Å². The molecule has 0 radical (unpaired) electrons. The fraction of sp³-hybridized carbons (Fsp3) is 0.440. The zero-order valence-electron chi connectivity index (χ0n) is 21.4. The maximum absolute atomic E-state index is 14.4. The maximum Gasteiger partial charge on any atom is 0.437 e. The van der Waals surface area contributed by atoms with Gasteiger partial charge < -0.3 is 20.5 Å². The molecule has 0 unspecified atom stereocenters. The molecular weight excluding hydrogens is 467 g/mol. The first kappa shape index (κ1) is 26.9. The summed E-state index contributed by atoms with van der Waals surface area (Å²) in [5, 5.41) is 9.96. The van der Waals surface area contributed by atoms with E-state index in [1.165, 1.54) is 16.9 Å². The van der Waals surface area contributed by atoms with Crippen molar-refractivity contribution in [2.75, 3.05) is 18.8 Å². The van der Waals surface area contributed by atoms with Gasteiger partial charge in [-0.1, -0.05) is 6.08 Å². The minimum atomic E-state index is -0.919. The van der Waals surface area contributed by atoms with Crippen molar-refractivity contribution in [1.29, 1.82) is 0 Å². The Kier molecular flexibility index (Phi) is 7.83. The van der Waals surface area contributed by atoms with Gasteiger partial charge in [-0.25, -0.2) is 18.7 Å². The number of nitrogen functional groups attached to an aromatic ring is 1. The van der Waals surface area contributed by atoms with Crippen LogP contribution in [0.3, 0.4) is 0 Å². The number of rotatable bonds is 2. The van der Waals surface area contributed by atoms with E-state index in [9.17, 15) is 14.0 Å². The monoisotopic (exact) mass is 500 g/mol. The van der Waals surface area contributed by atoms with E-state index in [0.717, 1.165) is 18.5 Å². The van der Waals surface area contributed by atoms with Gasteiger partial charge in [0.25, 0.3) is 0 Å². The summed E-state index contributed by atoms with van der Waals surface area (Å²) in [6.45, 7) is 11.7. The van der Waals surface area contributed by atoms with Gasteiger partial charge in [-0.2, -0.15) is 5.10 Å². The standard InChI is InChI=1S/C25H33FN6O4/c1-24(2,3)35-22(33)30-21(31-23(34)36-25(4,5)6)32-14-16(13-29-32)18-12-20(27)19(26)11-17(18)15-7-9-28-10-8-15/h7,11-14,28H,8-10,27H2,1-6H3,(H,30,31,33,34). The van der Waals surface area contributed by atoms with Crippen LogP contribution in [0.5, 0.6) is 0 Å². The van der Waals surface area contributed by atoms with Gasteiger partial charge in [-0.05, 0) is 83.3 Å². The van der Waals surface area contributed by atoms with Crippen molar-refractivity contribution in [3.63, 3.8) is 0 Å². The van der Waals surface area contributed by atoms with Crippen molar-refractivity contribution in [3.05, 3.63) is 42.0 Å². The highest BCUT2D eigenvalue weighted by Crippen LogP contribution is 2.34. The lowest BCUT2D eigenvalue weighted by atomic mass is 9.92. The van der Waals surface area contributed by atoms with Crippen molar-refractivity contribution in [2.45, 2.75) is 59.2 Å². The van der Waals surface area contributed by atoms with Crippen LogP contribution in [-0.4, -0.2) is 52.2 Å². The maximum atomic E-state index is 14.4. The zero-order valence-corrected chi connectivity index (χ0v) is 21.4. The van der Waals surface area contributed by atoms with Crippen LogP contribution in [0, 0.1) is 5.82 Å². The number of halogens is 1. The molecule has 3 rings (SSSR count). The van der Waals surface area contributed by atoms with E-state index in [1.54, 1.807) is 53.8 Å². The average molecular weight is 501 g/mol. The van der Waals surface area contributed by atoms with Gasteiger partial charge in [-0.15, -0.1) is 4.99 Å². The Hall–Kier alpha value is -3.73. The third kappa shape index (κ3) is 7.38. The molecule has 2 heterocycles. The third-order valence-electron chi connectivity index (χ3n) is 4.86. The molecule has 4 N–H and O–H groups in total. The van der Waals surface area contributed by atoms with Gasteiger partial charge in [0, 0.05) is 18.3 Å². The first-order valence-corrected chi connectivity index (χ1v) is 11.6. The molecule has 0 fully saturated rings. The van der Waals surface area contributed by atoms with Crippen molar-refractivity contribution in [1.82, 2.24) is 20.4 Å². The highest BCUT2D eigenvalue weighted by atomic mass is 19.1. The molecule has 1 aliphatic rings. The molecule has 0 aliphatic carbocycles. The number of hydrogen-bond acceptors (Lipinski definition) is 7. The summed E-state index contributed by atoms with van der Waals surface area (Å²) in [5.74, 6) is -0.734. The summed E-state index contributed by atoms with van der Waals surface area (Å²) in [7, 11) is 0.